The molecule has 1 unspecified atom stereocenters. The van der Waals surface area contributed by atoms with Crippen LogP contribution in [0.1, 0.15) is 13.3 Å². The fraction of sp³-hybridized carbons (Fsp3) is 1.00. The molecule has 4 nitrogen and oxygen atoms in total. The van der Waals surface area contributed by atoms with Crippen LogP contribution in [0.3, 0.4) is 0 Å². The van der Waals surface area contributed by atoms with Crippen LogP contribution >= 0.6 is 0 Å². The SMILES string of the molecule is CCOCCNCCN(C)C1CCOC1. The van der Waals surface area contributed by atoms with Gasteiger partial charge in [-0.2, -0.15) is 0 Å². The van der Waals surface area contributed by atoms with Gasteiger partial charge in [0.05, 0.1) is 13.2 Å². The van der Waals surface area contributed by atoms with Gasteiger partial charge in [0.2, 0.25) is 0 Å². The Bertz CT molecular complexity index is 150. The Balaban J connectivity index is 1.90. The summed E-state index contributed by atoms with van der Waals surface area (Å²) in [5.41, 5.74) is 0. The Hall–Kier alpha value is -0.160. The molecule has 1 aliphatic heterocycles. The first-order valence-corrected chi connectivity index (χ1v) is 5.91. The van der Waals surface area contributed by atoms with Crippen molar-refractivity contribution < 1.29 is 9.47 Å². The minimum Gasteiger partial charge on any atom is -0.380 e. The lowest BCUT2D eigenvalue weighted by atomic mass is 10.2. The molecular weight excluding hydrogens is 192 g/mol. The molecule has 0 aromatic rings. The van der Waals surface area contributed by atoms with Crippen LogP contribution in [0.15, 0.2) is 0 Å². The van der Waals surface area contributed by atoms with Gasteiger partial charge in [-0.05, 0) is 20.4 Å². The van der Waals surface area contributed by atoms with E-state index in [9.17, 15) is 0 Å². The van der Waals surface area contributed by atoms with Crippen LogP contribution in [0.2, 0.25) is 0 Å². The maximum absolute atomic E-state index is 5.36. The van der Waals surface area contributed by atoms with Gasteiger partial charge >= 0.3 is 0 Å². The molecule has 0 amide bonds. The second-order valence-electron chi connectivity index (χ2n) is 3.94. The summed E-state index contributed by atoms with van der Waals surface area (Å²) in [4.78, 5) is 2.38. The molecule has 0 saturated carbocycles. The first kappa shape index (κ1) is 12.9. The molecule has 1 heterocycles. The van der Waals surface area contributed by atoms with Gasteiger partial charge in [0.1, 0.15) is 0 Å². The summed E-state index contributed by atoms with van der Waals surface area (Å²) < 4.78 is 10.6. The molecule has 15 heavy (non-hydrogen) atoms. The largest absolute Gasteiger partial charge is 0.380 e. The van der Waals surface area contributed by atoms with E-state index in [1.807, 2.05) is 6.92 Å². The quantitative estimate of drug-likeness (QED) is 0.593. The van der Waals surface area contributed by atoms with Crippen LogP contribution < -0.4 is 5.32 Å². The van der Waals surface area contributed by atoms with Gasteiger partial charge in [0.25, 0.3) is 0 Å². The molecule has 1 aliphatic rings. The molecule has 0 radical (unpaired) electrons. The highest BCUT2D eigenvalue weighted by Crippen LogP contribution is 2.09. The number of nitrogens with one attached hydrogen (secondary N) is 1. The number of hydrogen-bond donors (Lipinski definition) is 1. The van der Waals surface area contributed by atoms with Crippen molar-refractivity contribution in [3.8, 4) is 0 Å². The van der Waals surface area contributed by atoms with Gasteiger partial charge in [0, 0.05) is 38.9 Å². The Labute approximate surface area is 92.9 Å². The minimum absolute atomic E-state index is 0.624. The fourth-order valence-corrected chi connectivity index (χ4v) is 1.72. The highest BCUT2D eigenvalue weighted by Gasteiger charge is 2.19. The molecule has 0 aromatic carbocycles. The summed E-state index contributed by atoms with van der Waals surface area (Å²) >= 11 is 0. The van der Waals surface area contributed by atoms with Crippen molar-refractivity contribution in [1.29, 1.82) is 0 Å². The lowest BCUT2D eigenvalue weighted by Gasteiger charge is -2.22. The third-order valence-electron chi connectivity index (χ3n) is 2.80. The zero-order valence-electron chi connectivity index (χ0n) is 10.00. The Morgan fingerprint density at radius 1 is 1.47 bits per heavy atom. The molecule has 0 bridgehead atoms. The van der Waals surface area contributed by atoms with Crippen LogP contribution in [0, 0.1) is 0 Å². The zero-order valence-corrected chi connectivity index (χ0v) is 10.00. The van der Waals surface area contributed by atoms with E-state index in [-0.39, 0.29) is 0 Å². The molecule has 0 spiro atoms. The lowest BCUT2D eigenvalue weighted by molar-refractivity contribution is 0.145. The van der Waals surface area contributed by atoms with E-state index in [0.717, 1.165) is 46.1 Å². The highest BCUT2D eigenvalue weighted by molar-refractivity contribution is 4.73. The number of ether oxygens (including phenoxy) is 2. The monoisotopic (exact) mass is 216 g/mol. The van der Waals surface area contributed by atoms with E-state index < -0.39 is 0 Å². The Morgan fingerprint density at radius 3 is 3.00 bits per heavy atom. The summed E-state index contributed by atoms with van der Waals surface area (Å²) in [5.74, 6) is 0. The summed E-state index contributed by atoms with van der Waals surface area (Å²) in [6.45, 7) is 8.52. The molecule has 1 fully saturated rings. The van der Waals surface area contributed by atoms with E-state index in [4.69, 9.17) is 9.47 Å². The van der Waals surface area contributed by atoms with Crippen LogP contribution in [-0.4, -0.2) is 64.1 Å². The maximum atomic E-state index is 5.36. The van der Waals surface area contributed by atoms with E-state index in [1.165, 1.54) is 6.42 Å². The predicted octanol–water partition coefficient (Wildman–Crippen LogP) is 0.333. The number of rotatable bonds is 8. The summed E-state index contributed by atoms with van der Waals surface area (Å²) in [7, 11) is 2.17. The van der Waals surface area contributed by atoms with Crippen molar-refractivity contribution in [1.82, 2.24) is 10.2 Å². The van der Waals surface area contributed by atoms with Gasteiger partial charge in [-0.15, -0.1) is 0 Å². The van der Waals surface area contributed by atoms with Crippen molar-refractivity contribution in [2.75, 3.05) is 53.1 Å². The first-order chi connectivity index (χ1) is 7.34. The topological polar surface area (TPSA) is 33.7 Å². The van der Waals surface area contributed by atoms with E-state index in [2.05, 4.69) is 17.3 Å². The molecule has 1 atom stereocenters. The number of hydrogen-bond acceptors (Lipinski definition) is 4. The normalized spacial score (nSPS) is 21.4. The van der Waals surface area contributed by atoms with Crippen LogP contribution in [0.4, 0.5) is 0 Å². The fourth-order valence-electron chi connectivity index (χ4n) is 1.72. The average Bonchev–Trinajstić information content (AvgIpc) is 2.76. The van der Waals surface area contributed by atoms with Gasteiger partial charge < -0.3 is 14.8 Å². The van der Waals surface area contributed by atoms with Crippen molar-refractivity contribution in [3.05, 3.63) is 0 Å². The standard InChI is InChI=1S/C11H24N2O2/c1-3-14-9-6-12-5-7-13(2)11-4-8-15-10-11/h11-12H,3-10H2,1-2H3. The van der Waals surface area contributed by atoms with E-state index in [1.54, 1.807) is 0 Å². The van der Waals surface area contributed by atoms with Gasteiger partial charge in [-0.3, -0.25) is 4.90 Å². The molecule has 1 saturated heterocycles. The minimum atomic E-state index is 0.624. The van der Waals surface area contributed by atoms with Crippen molar-refractivity contribution in [2.24, 2.45) is 0 Å². The van der Waals surface area contributed by atoms with Crippen molar-refractivity contribution >= 4 is 0 Å². The zero-order chi connectivity index (χ0) is 10.9. The predicted molar refractivity (Wildman–Crippen MR) is 61.2 cm³/mol. The summed E-state index contributed by atoms with van der Waals surface area (Å²) in [6, 6.07) is 0.624. The van der Waals surface area contributed by atoms with Crippen molar-refractivity contribution in [2.45, 2.75) is 19.4 Å². The Morgan fingerprint density at radius 2 is 2.33 bits per heavy atom. The average molecular weight is 216 g/mol. The van der Waals surface area contributed by atoms with Crippen molar-refractivity contribution in [3.63, 3.8) is 0 Å². The lowest BCUT2D eigenvalue weighted by Crippen LogP contribution is -2.37. The second kappa shape index (κ2) is 8.05. The van der Waals surface area contributed by atoms with Gasteiger partial charge in [-0.25, -0.2) is 0 Å². The molecule has 4 heteroatoms. The molecule has 1 rings (SSSR count). The van der Waals surface area contributed by atoms with Crippen LogP contribution in [0.25, 0.3) is 0 Å². The molecular formula is C11H24N2O2. The molecule has 1 N–H and O–H groups in total. The maximum Gasteiger partial charge on any atom is 0.0622 e. The second-order valence-corrected chi connectivity index (χ2v) is 3.94. The Kier molecular flexibility index (Phi) is 6.92. The molecule has 0 aromatic heterocycles. The third kappa shape index (κ3) is 5.47. The van der Waals surface area contributed by atoms with Gasteiger partial charge in [-0.1, -0.05) is 0 Å². The molecule has 90 valence electrons. The van der Waals surface area contributed by atoms with Crippen LogP contribution in [-0.2, 0) is 9.47 Å². The first-order valence-electron chi connectivity index (χ1n) is 5.91. The summed E-state index contributed by atoms with van der Waals surface area (Å²) in [6.07, 6.45) is 1.18. The highest BCUT2D eigenvalue weighted by atomic mass is 16.5. The number of likely N-dealkylation sites (N-methyl/N-ethyl adjacent to an activating group) is 1. The van der Waals surface area contributed by atoms with E-state index >= 15 is 0 Å². The molecule has 0 aliphatic carbocycles. The number of nitrogens with zero attached hydrogens (tertiary/aromatic N) is 1. The van der Waals surface area contributed by atoms with Crippen LogP contribution in [0.5, 0.6) is 0 Å². The smallest absolute Gasteiger partial charge is 0.0622 e. The van der Waals surface area contributed by atoms with Gasteiger partial charge in [0.15, 0.2) is 0 Å². The summed E-state index contributed by atoms with van der Waals surface area (Å²) in [5, 5.41) is 3.37. The third-order valence-corrected chi connectivity index (χ3v) is 2.80. The van der Waals surface area contributed by atoms with E-state index in [0.29, 0.717) is 6.04 Å².